The predicted molar refractivity (Wildman–Crippen MR) is 120 cm³/mol. The largest absolute Gasteiger partial charge is 0.508 e. The minimum Gasteiger partial charge on any atom is -0.508 e. The maximum absolute atomic E-state index is 13.9. The summed E-state index contributed by atoms with van der Waals surface area (Å²) in [5.74, 6) is -0.232. The third kappa shape index (κ3) is 6.41. The summed E-state index contributed by atoms with van der Waals surface area (Å²) in [6.45, 7) is 0.425. The molecule has 0 aliphatic rings. The smallest absolute Gasteiger partial charge is 0.162 e. The molecule has 2 aromatic carbocycles. The van der Waals surface area contributed by atoms with E-state index in [-0.39, 0.29) is 29.8 Å². The number of benzene rings is 2. The van der Waals surface area contributed by atoms with Gasteiger partial charge in [-0.2, -0.15) is 10.4 Å². The number of aromatic nitrogens is 2. The zero-order chi connectivity index (χ0) is 23.1. The van der Waals surface area contributed by atoms with E-state index >= 15 is 0 Å². The van der Waals surface area contributed by atoms with Crippen LogP contribution in [0, 0.1) is 22.6 Å². The van der Waals surface area contributed by atoms with Gasteiger partial charge in [0.05, 0.1) is 13.2 Å². The normalized spacial score (nSPS) is 11.2. The molecule has 0 saturated heterocycles. The summed E-state index contributed by atoms with van der Waals surface area (Å²) in [4.78, 5) is 0. The maximum Gasteiger partial charge on any atom is 0.162 e. The Bertz CT molecular complexity index is 1180. The molecule has 0 atom stereocenters. The monoisotopic (exact) mass is 453 g/mol. The number of aromatic hydroxyl groups is 1. The number of allylic oxidation sites excluding steroid dienone is 2. The van der Waals surface area contributed by atoms with Gasteiger partial charge in [0, 0.05) is 36.1 Å². The lowest BCUT2D eigenvalue weighted by atomic mass is 10.1. The van der Waals surface area contributed by atoms with Crippen molar-refractivity contribution in [2.75, 3.05) is 5.32 Å². The molecule has 0 fully saturated rings. The molecule has 0 radical (unpaired) electrons. The number of anilines is 1. The van der Waals surface area contributed by atoms with Crippen molar-refractivity contribution in [2.24, 2.45) is 7.05 Å². The molecule has 164 valence electrons. The van der Waals surface area contributed by atoms with Crippen LogP contribution in [0.3, 0.4) is 0 Å². The second kappa shape index (κ2) is 10.6. The number of nitriles is 1. The summed E-state index contributed by atoms with van der Waals surface area (Å²) in [5, 5.41) is 33.2. The highest BCUT2D eigenvalue weighted by molar-refractivity contribution is 6.67. The molecule has 3 rings (SSSR count). The second-order valence-electron chi connectivity index (χ2n) is 7.04. The summed E-state index contributed by atoms with van der Waals surface area (Å²) in [6.07, 6.45) is 1.77. The summed E-state index contributed by atoms with van der Waals surface area (Å²) >= 11 is 5.79. The van der Waals surface area contributed by atoms with Gasteiger partial charge in [-0.25, -0.2) is 4.39 Å². The van der Waals surface area contributed by atoms with Gasteiger partial charge in [-0.1, -0.05) is 23.7 Å². The van der Waals surface area contributed by atoms with Gasteiger partial charge in [0.1, 0.15) is 22.8 Å². The second-order valence-corrected chi connectivity index (χ2v) is 7.44. The van der Waals surface area contributed by atoms with E-state index < -0.39 is 5.82 Å². The third-order valence-electron chi connectivity index (χ3n) is 4.59. The number of halogens is 2. The number of nitrogens with zero attached hydrogens (tertiary/aromatic N) is 3. The standard InChI is InChI=1S/C23H21ClFN5O2/c1-30-20(10-19(12-26)29-30)9-18(11-23(24)27)28-22-7-4-17(25)8-16(22)14-32-13-15-2-5-21(31)6-3-15/h2-8,10-11,27-28,31H,9,13-14H2,1H3/b18-11-,27-23?. The van der Waals surface area contributed by atoms with Gasteiger partial charge in [-0.15, -0.1) is 0 Å². The molecule has 7 nitrogen and oxygen atoms in total. The number of nitrogens with one attached hydrogen (secondary N) is 2. The average molecular weight is 454 g/mol. The number of hydrogen-bond donors (Lipinski definition) is 3. The summed E-state index contributed by atoms with van der Waals surface area (Å²) in [7, 11) is 1.72. The van der Waals surface area contributed by atoms with E-state index in [1.54, 1.807) is 48.1 Å². The fourth-order valence-corrected chi connectivity index (χ4v) is 3.18. The number of ether oxygens (including phenoxy) is 1. The van der Waals surface area contributed by atoms with Gasteiger partial charge in [-0.05, 0) is 48.0 Å². The van der Waals surface area contributed by atoms with Crippen molar-refractivity contribution in [3.8, 4) is 11.8 Å². The highest BCUT2D eigenvalue weighted by atomic mass is 35.5. The molecule has 3 aromatic rings. The molecule has 0 amide bonds. The van der Waals surface area contributed by atoms with Gasteiger partial charge in [0.25, 0.3) is 0 Å². The van der Waals surface area contributed by atoms with Gasteiger partial charge >= 0.3 is 0 Å². The fourth-order valence-electron chi connectivity index (χ4n) is 3.05. The first-order valence-corrected chi connectivity index (χ1v) is 10.0. The molecule has 0 aliphatic carbocycles. The molecular formula is C23H21ClFN5O2. The summed E-state index contributed by atoms with van der Waals surface area (Å²) in [6, 6.07) is 14.6. The van der Waals surface area contributed by atoms with E-state index in [2.05, 4.69) is 10.4 Å². The maximum atomic E-state index is 13.9. The first-order valence-electron chi connectivity index (χ1n) is 9.63. The van der Waals surface area contributed by atoms with Crippen LogP contribution in [-0.4, -0.2) is 20.1 Å². The van der Waals surface area contributed by atoms with E-state index in [9.17, 15) is 9.50 Å². The molecule has 0 unspecified atom stereocenters. The third-order valence-corrected chi connectivity index (χ3v) is 4.70. The van der Waals surface area contributed by atoms with Crippen LogP contribution in [-0.2, 0) is 31.4 Å². The van der Waals surface area contributed by atoms with Crippen LogP contribution < -0.4 is 5.32 Å². The Balaban J connectivity index is 1.77. The zero-order valence-electron chi connectivity index (χ0n) is 17.3. The highest BCUT2D eigenvalue weighted by Gasteiger charge is 2.11. The molecule has 0 spiro atoms. The van der Waals surface area contributed by atoms with Crippen LogP contribution in [0.4, 0.5) is 10.1 Å². The number of aryl methyl sites for hydroxylation is 1. The van der Waals surface area contributed by atoms with Crippen molar-refractivity contribution >= 4 is 22.5 Å². The van der Waals surface area contributed by atoms with Crippen molar-refractivity contribution in [1.82, 2.24) is 9.78 Å². The Morgan fingerprint density at radius 1 is 1.28 bits per heavy atom. The summed E-state index contributed by atoms with van der Waals surface area (Å²) < 4.78 is 21.2. The molecule has 9 heteroatoms. The Kier molecular flexibility index (Phi) is 7.60. The number of phenolic OH excluding ortho intramolecular Hbond substituents is 1. The molecule has 32 heavy (non-hydrogen) atoms. The quantitative estimate of drug-likeness (QED) is 0.410. The van der Waals surface area contributed by atoms with Gasteiger partial charge < -0.3 is 15.2 Å². The Labute approximate surface area is 189 Å². The van der Waals surface area contributed by atoms with Gasteiger partial charge in [0.15, 0.2) is 5.69 Å². The molecule has 0 aliphatic heterocycles. The Morgan fingerprint density at radius 2 is 2.03 bits per heavy atom. The number of rotatable bonds is 9. The Morgan fingerprint density at radius 3 is 2.69 bits per heavy atom. The SMILES string of the molecule is Cn1nc(C#N)cc1C/C(=C/C(=N)Cl)Nc1ccc(F)cc1COCc1ccc(O)cc1. The van der Waals surface area contributed by atoms with Gasteiger partial charge in [-0.3, -0.25) is 10.1 Å². The molecular weight excluding hydrogens is 433 g/mol. The first kappa shape index (κ1) is 23.0. The van der Waals surface area contributed by atoms with Crippen LogP contribution in [0.25, 0.3) is 0 Å². The van der Waals surface area contributed by atoms with Crippen molar-refractivity contribution in [2.45, 2.75) is 19.6 Å². The summed E-state index contributed by atoms with van der Waals surface area (Å²) in [5.41, 5.74) is 3.65. The number of hydrogen-bond acceptors (Lipinski definition) is 6. The van der Waals surface area contributed by atoms with Crippen molar-refractivity contribution in [3.63, 3.8) is 0 Å². The van der Waals surface area contributed by atoms with E-state index in [1.807, 2.05) is 6.07 Å². The van der Waals surface area contributed by atoms with Crippen molar-refractivity contribution in [3.05, 3.63) is 88.6 Å². The highest BCUT2D eigenvalue weighted by Crippen LogP contribution is 2.22. The van der Waals surface area contributed by atoms with E-state index in [4.69, 9.17) is 27.0 Å². The minimum atomic E-state index is -0.403. The van der Waals surface area contributed by atoms with E-state index in [1.165, 1.54) is 18.2 Å². The fraction of sp³-hybridized carbons (Fsp3) is 0.174. The zero-order valence-corrected chi connectivity index (χ0v) is 18.0. The van der Waals surface area contributed by atoms with Gasteiger partial charge in [0.2, 0.25) is 0 Å². The van der Waals surface area contributed by atoms with Crippen LogP contribution in [0.2, 0.25) is 0 Å². The predicted octanol–water partition coefficient (Wildman–Crippen LogP) is 4.61. The molecule has 1 heterocycles. The minimum absolute atomic E-state index is 0.136. The topological polar surface area (TPSA) is 107 Å². The van der Waals surface area contributed by atoms with E-state index in [0.29, 0.717) is 23.4 Å². The lowest BCUT2D eigenvalue weighted by Crippen LogP contribution is -2.10. The average Bonchev–Trinajstić information content (AvgIpc) is 3.10. The molecule has 0 saturated carbocycles. The van der Waals surface area contributed by atoms with Crippen LogP contribution in [0.15, 0.2) is 60.3 Å². The lowest BCUT2D eigenvalue weighted by molar-refractivity contribution is 0.107. The molecule has 3 N–H and O–H groups in total. The molecule has 1 aromatic heterocycles. The van der Waals surface area contributed by atoms with Crippen LogP contribution >= 0.6 is 11.6 Å². The van der Waals surface area contributed by atoms with Crippen LogP contribution in [0.1, 0.15) is 22.5 Å². The van der Waals surface area contributed by atoms with E-state index in [0.717, 1.165) is 11.3 Å². The van der Waals surface area contributed by atoms with Crippen molar-refractivity contribution < 1.29 is 14.2 Å². The van der Waals surface area contributed by atoms with Crippen molar-refractivity contribution in [1.29, 1.82) is 10.7 Å². The first-order chi connectivity index (χ1) is 15.3. The van der Waals surface area contributed by atoms with Crippen LogP contribution in [0.5, 0.6) is 5.75 Å². The Hall–Kier alpha value is -3.67. The number of phenols is 1. The molecule has 0 bridgehead atoms. The lowest BCUT2D eigenvalue weighted by Gasteiger charge is -2.16.